The number of nitrogens with zero attached hydrogens (tertiary/aromatic N) is 1. The van der Waals surface area contributed by atoms with Crippen molar-refractivity contribution in [1.82, 2.24) is 10.2 Å². The monoisotopic (exact) mass is 283 g/mol. The van der Waals surface area contributed by atoms with Crippen LogP contribution in [-0.2, 0) is 14.3 Å². The predicted octanol–water partition coefficient (Wildman–Crippen LogP) is 0.0115. The lowest BCUT2D eigenvalue weighted by atomic mass is 10.0. The van der Waals surface area contributed by atoms with Crippen molar-refractivity contribution in [2.45, 2.75) is 50.7 Å². The first-order valence-electron chi connectivity index (χ1n) is 7.59. The van der Waals surface area contributed by atoms with Crippen LogP contribution in [0.2, 0.25) is 0 Å². The van der Waals surface area contributed by atoms with Gasteiger partial charge in [0.25, 0.3) is 0 Å². The molecule has 2 heterocycles. The highest BCUT2D eigenvalue weighted by Gasteiger charge is 2.30. The van der Waals surface area contributed by atoms with Gasteiger partial charge in [0.1, 0.15) is 6.04 Å². The average Bonchev–Trinajstić information content (AvgIpc) is 2.48. The fourth-order valence-corrected chi connectivity index (χ4v) is 2.94. The van der Waals surface area contributed by atoms with E-state index in [0.29, 0.717) is 26.0 Å². The molecule has 0 aliphatic carbocycles. The zero-order chi connectivity index (χ0) is 14.4. The minimum atomic E-state index is -0.421. The highest BCUT2D eigenvalue weighted by atomic mass is 16.5. The molecule has 3 N–H and O–H groups in total. The van der Waals surface area contributed by atoms with Gasteiger partial charge in [0, 0.05) is 6.54 Å². The molecule has 0 radical (unpaired) electrons. The summed E-state index contributed by atoms with van der Waals surface area (Å²) in [4.78, 5) is 25.2. The van der Waals surface area contributed by atoms with Gasteiger partial charge < -0.3 is 20.7 Å². The molecular formula is C14H25N3O3. The van der Waals surface area contributed by atoms with Gasteiger partial charge in [0.05, 0.1) is 19.1 Å². The molecule has 2 rings (SSSR count). The summed E-state index contributed by atoms with van der Waals surface area (Å²) in [6.45, 7) is 3.04. The largest absolute Gasteiger partial charge is 0.378 e. The van der Waals surface area contributed by atoms with E-state index in [9.17, 15) is 9.59 Å². The topological polar surface area (TPSA) is 84.7 Å². The molecule has 6 heteroatoms. The van der Waals surface area contributed by atoms with Crippen LogP contribution in [-0.4, -0.2) is 55.1 Å². The maximum atomic E-state index is 12.2. The fraction of sp³-hybridized carbons (Fsp3) is 0.857. The van der Waals surface area contributed by atoms with Crippen LogP contribution in [0.25, 0.3) is 0 Å². The third kappa shape index (κ3) is 4.18. The van der Waals surface area contributed by atoms with E-state index < -0.39 is 11.9 Å². The Kier molecular flexibility index (Phi) is 5.79. The zero-order valence-electron chi connectivity index (χ0n) is 12.0. The minimum absolute atomic E-state index is 0.0116. The van der Waals surface area contributed by atoms with Gasteiger partial charge >= 0.3 is 0 Å². The average molecular weight is 283 g/mol. The Balaban J connectivity index is 1.73. The Morgan fingerprint density at radius 2 is 1.95 bits per heavy atom. The number of carbonyl (C=O) groups is 2. The fourth-order valence-electron chi connectivity index (χ4n) is 2.94. The van der Waals surface area contributed by atoms with Gasteiger partial charge in [-0.2, -0.15) is 0 Å². The van der Waals surface area contributed by atoms with Crippen LogP contribution >= 0.6 is 0 Å². The van der Waals surface area contributed by atoms with E-state index >= 15 is 0 Å². The lowest BCUT2D eigenvalue weighted by molar-refractivity contribution is -0.142. The number of piperidine rings is 2. The highest BCUT2D eigenvalue weighted by Crippen LogP contribution is 2.18. The van der Waals surface area contributed by atoms with Crippen LogP contribution in [0.1, 0.15) is 38.5 Å². The smallest absolute Gasteiger partial charge is 0.240 e. The molecule has 0 aromatic carbocycles. The predicted molar refractivity (Wildman–Crippen MR) is 75.0 cm³/mol. The van der Waals surface area contributed by atoms with Crippen molar-refractivity contribution >= 4 is 11.8 Å². The van der Waals surface area contributed by atoms with E-state index in [4.69, 9.17) is 10.5 Å². The summed E-state index contributed by atoms with van der Waals surface area (Å²) in [6.07, 6.45) is 5.21. The minimum Gasteiger partial charge on any atom is -0.378 e. The summed E-state index contributed by atoms with van der Waals surface area (Å²) in [5, 5.41) is 3.28. The first kappa shape index (κ1) is 15.3. The number of rotatable bonds is 5. The van der Waals surface area contributed by atoms with Crippen molar-refractivity contribution in [3.05, 3.63) is 0 Å². The quantitative estimate of drug-likeness (QED) is 0.744. The summed E-state index contributed by atoms with van der Waals surface area (Å²) in [6, 6.07) is -0.421. The number of likely N-dealkylation sites (tertiary alicyclic amines) is 1. The summed E-state index contributed by atoms with van der Waals surface area (Å²) in [7, 11) is 0. The van der Waals surface area contributed by atoms with E-state index in [0.717, 1.165) is 38.8 Å². The molecule has 6 nitrogen and oxygen atoms in total. The van der Waals surface area contributed by atoms with E-state index in [-0.39, 0.29) is 12.0 Å². The molecule has 0 spiro atoms. The second-order valence-corrected chi connectivity index (χ2v) is 5.57. The number of carbonyl (C=O) groups excluding carboxylic acids is 2. The van der Waals surface area contributed by atoms with Gasteiger partial charge in [-0.1, -0.05) is 0 Å². The number of nitrogens with two attached hydrogens (primary N) is 1. The van der Waals surface area contributed by atoms with Crippen molar-refractivity contribution < 1.29 is 14.3 Å². The van der Waals surface area contributed by atoms with Gasteiger partial charge in [-0.05, 0) is 45.2 Å². The van der Waals surface area contributed by atoms with Crippen molar-refractivity contribution in [1.29, 1.82) is 0 Å². The van der Waals surface area contributed by atoms with Gasteiger partial charge in [0.2, 0.25) is 11.8 Å². The number of nitrogens with one attached hydrogen (secondary N) is 1. The van der Waals surface area contributed by atoms with Crippen LogP contribution in [0, 0.1) is 0 Å². The third-order valence-corrected chi connectivity index (χ3v) is 4.11. The van der Waals surface area contributed by atoms with Gasteiger partial charge in [-0.3, -0.25) is 9.59 Å². The SMILES string of the molecule is NC(=O)C1CCCCN1C(=O)CCOC1CCNCC1. The normalized spacial score (nSPS) is 24.6. The van der Waals surface area contributed by atoms with Crippen LogP contribution in [0.5, 0.6) is 0 Å². The van der Waals surface area contributed by atoms with E-state index in [1.165, 1.54) is 0 Å². The maximum Gasteiger partial charge on any atom is 0.240 e. The second-order valence-electron chi connectivity index (χ2n) is 5.57. The standard InChI is InChI=1S/C14H25N3O3/c15-14(19)12-3-1-2-9-17(12)13(18)6-10-20-11-4-7-16-8-5-11/h11-12,16H,1-10H2,(H2,15,19). The van der Waals surface area contributed by atoms with Crippen molar-refractivity contribution in [3.8, 4) is 0 Å². The van der Waals surface area contributed by atoms with Gasteiger partial charge in [0.15, 0.2) is 0 Å². The molecule has 2 amide bonds. The van der Waals surface area contributed by atoms with Crippen LogP contribution in [0.15, 0.2) is 0 Å². The Morgan fingerprint density at radius 3 is 2.65 bits per heavy atom. The molecule has 2 saturated heterocycles. The molecule has 2 fully saturated rings. The molecule has 0 bridgehead atoms. The Hall–Kier alpha value is -1.14. The van der Waals surface area contributed by atoms with Gasteiger partial charge in [-0.15, -0.1) is 0 Å². The zero-order valence-corrected chi connectivity index (χ0v) is 12.0. The molecular weight excluding hydrogens is 258 g/mol. The van der Waals surface area contributed by atoms with Crippen LogP contribution in [0.4, 0.5) is 0 Å². The van der Waals surface area contributed by atoms with E-state index in [1.54, 1.807) is 4.90 Å². The Bertz CT molecular complexity index is 343. The second kappa shape index (κ2) is 7.59. The summed E-state index contributed by atoms with van der Waals surface area (Å²) in [5.41, 5.74) is 5.37. The Morgan fingerprint density at radius 1 is 1.20 bits per heavy atom. The summed E-state index contributed by atoms with van der Waals surface area (Å²) in [5.74, 6) is -0.403. The Labute approximate surface area is 120 Å². The lowest BCUT2D eigenvalue weighted by Crippen LogP contribution is -2.50. The van der Waals surface area contributed by atoms with Crippen molar-refractivity contribution in [2.75, 3.05) is 26.2 Å². The maximum absolute atomic E-state index is 12.2. The molecule has 0 aromatic heterocycles. The number of hydrogen-bond acceptors (Lipinski definition) is 4. The summed E-state index contributed by atoms with van der Waals surface area (Å²) >= 11 is 0. The summed E-state index contributed by atoms with van der Waals surface area (Å²) < 4.78 is 5.74. The molecule has 0 saturated carbocycles. The number of primary amides is 1. The molecule has 0 aromatic rings. The molecule has 1 atom stereocenters. The number of ether oxygens (including phenoxy) is 1. The highest BCUT2D eigenvalue weighted by molar-refractivity contribution is 5.86. The number of amides is 2. The third-order valence-electron chi connectivity index (χ3n) is 4.11. The van der Waals surface area contributed by atoms with Crippen molar-refractivity contribution in [2.24, 2.45) is 5.73 Å². The first-order chi connectivity index (χ1) is 9.68. The van der Waals surface area contributed by atoms with E-state index in [1.807, 2.05) is 0 Å². The van der Waals surface area contributed by atoms with Crippen LogP contribution in [0.3, 0.4) is 0 Å². The van der Waals surface area contributed by atoms with E-state index in [2.05, 4.69) is 5.32 Å². The van der Waals surface area contributed by atoms with Crippen molar-refractivity contribution in [3.63, 3.8) is 0 Å². The molecule has 2 aliphatic rings. The first-order valence-corrected chi connectivity index (χ1v) is 7.59. The van der Waals surface area contributed by atoms with Gasteiger partial charge in [-0.25, -0.2) is 0 Å². The molecule has 2 aliphatic heterocycles. The molecule has 20 heavy (non-hydrogen) atoms. The number of hydrogen-bond donors (Lipinski definition) is 2. The molecule has 114 valence electrons. The lowest BCUT2D eigenvalue weighted by Gasteiger charge is -2.34. The van der Waals surface area contributed by atoms with Crippen LogP contribution < -0.4 is 11.1 Å². The molecule has 1 unspecified atom stereocenters.